The number of sulfonamides is 1. The van der Waals surface area contributed by atoms with Gasteiger partial charge in [-0.1, -0.05) is 41.9 Å². The Labute approximate surface area is 213 Å². The van der Waals surface area contributed by atoms with Gasteiger partial charge < -0.3 is 10.3 Å². The third kappa shape index (κ3) is 5.40. The molecule has 0 aliphatic carbocycles. The van der Waals surface area contributed by atoms with Crippen molar-refractivity contribution in [3.05, 3.63) is 76.8 Å². The smallest absolute Gasteiger partial charge is 0.236 e. The van der Waals surface area contributed by atoms with Gasteiger partial charge in [0.25, 0.3) is 0 Å². The molecule has 0 spiro atoms. The Morgan fingerprint density at radius 2 is 2.06 bits per heavy atom. The highest BCUT2D eigenvalue weighted by atomic mass is 35.5. The van der Waals surface area contributed by atoms with E-state index in [2.05, 4.69) is 25.3 Å². The number of aromatic nitrogens is 4. The lowest BCUT2D eigenvalue weighted by Gasteiger charge is -2.31. The maximum absolute atomic E-state index is 14.5. The summed E-state index contributed by atoms with van der Waals surface area (Å²) in [5, 5.41) is 5.51. The molecule has 4 heterocycles. The fourth-order valence-electron chi connectivity index (χ4n) is 4.26. The highest BCUT2D eigenvalue weighted by molar-refractivity contribution is 7.92. The molecule has 5 rings (SSSR count). The van der Waals surface area contributed by atoms with Gasteiger partial charge in [-0.05, 0) is 36.5 Å². The van der Waals surface area contributed by atoms with Gasteiger partial charge in [-0.15, -0.1) is 0 Å². The molecule has 11 heteroatoms. The SMILES string of the molecule is O=S(=O)(C=Cc1ccccc1)N1CCC[C@H](CNc2nc(-c3c[nH]c4ncc(Cl)cc34)ncc2F)C1. The molecule has 36 heavy (non-hydrogen) atoms. The average molecular weight is 527 g/mol. The van der Waals surface area contributed by atoms with Crippen molar-refractivity contribution in [3.63, 3.8) is 0 Å². The first-order chi connectivity index (χ1) is 17.4. The van der Waals surface area contributed by atoms with Gasteiger partial charge in [-0.2, -0.15) is 4.31 Å². The molecule has 1 saturated heterocycles. The molecule has 2 N–H and O–H groups in total. The molecule has 4 aromatic rings. The van der Waals surface area contributed by atoms with Gasteiger partial charge in [0.05, 0.1) is 11.2 Å². The zero-order valence-electron chi connectivity index (χ0n) is 19.2. The molecular formula is C25H24ClFN6O2S. The monoisotopic (exact) mass is 526 g/mol. The molecule has 0 radical (unpaired) electrons. The average Bonchev–Trinajstić information content (AvgIpc) is 3.31. The van der Waals surface area contributed by atoms with Crippen LogP contribution in [0, 0.1) is 11.7 Å². The summed E-state index contributed by atoms with van der Waals surface area (Å²) in [7, 11) is -3.56. The van der Waals surface area contributed by atoms with E-state index in [9.17, 15) is 12.8 Å². The van der Waals surface area contributed by atoms with Crippen LogP contribution in [-0.2, 0) is 10.0 Å². The quantitative estimate of drug-likeness (QED) is 0.353. The number of hydrogen-bond acceptors (Lipinski definition) is 6. The Balaban J connectivity index is 1.27. The van der Waals surface area contributed by atoms with E-state index in [0.717, 1.165) is 30.0 Å². The zero-order chi connectivity index (χ0) is 25.1. The van der Waals surface area contributed by atoms with Crippen molar-refractivity contribution >= 4 is 44.6 Å². The van der Waals surface area contributed by atoms with E-state index in [4.69, 9.17) is 11.6 Å². The maximum atomic E-state index is 14.5. The first-order valence-corrected chi connectivity index (χ1v) is 13.4. The standard InChI is InChI=1S/C25H24ClFN6O2S/c26-19-11-20-21(14-30-23(20)29-13-19)24-31-15-22(27)25(32-24)28-12-18-7-4-9-33(16-18)36(34,35)10-8-17-5-2-1-3-6-17/h1-3,5-6,8,10-11,13-15,18H,4,7,9,12,16H2,(H,29,30)(H,28,31,32)/t18-/m1/s1. The van der Waals surface area contributed by atoms with E-state index in [-0.39, 0.29) is 11.7 Å². The molecule has 1 aliphatic rings. The van der Waals surface area contributed by atoms with Crippen LogP contribution < -0.4 is 5.32 Å². The normalized spacial score (nSPS) is 17.1. The van der Waals surface area contributed by atoms with Crippen molar-refractivity contribution in [3.8, 4) is 11.4 Å². The number of nitrogens with zero attached hydrogens (tertiary/aromatic N) is 4. The van der Waals surface area contributed by atoms with Gasteiger partial charge >= 0.3 is 0 Å². The Kier molecular flexibility index (Phi) is 6.99. The van der Waals surface area contributed by atoms with Crippen LogP contribution in [0.15, 0.2) is 60.4 Å². The number of aromatic amines is 1. The number of rotatable bonds is 7. The number of anilines is 1. The van der Waals surface area contributed by atoms with Crippen LogP contribution in [0.2, 0.25) is 5.02 Å². The molecule has 0 unspecified atom stereocenters. The molecule has 0 amide bonds. The third-order valence-electron chi connectivity index (χ3n) is 6.11. The predicted molar refractivity (Wildman–Crippen MR) is 139 cm³/mol. The molecule has 0 saturated carbocycles. The topological polar surface area (TPSA) is 104 Å². The molecule has 3 aromatic heterocycles. The number of piperidine rings is 1. The third-order valence-corrected chi connectivity index (χ3v) is 7.85. The summed E-state index contributed by atoms with van der Waals surface area (Å²) in [5.41, 5.74) is 2.10. The zero-order valence-corrected chi connectivity index (χ0v) is 20.8. The number of H-pyrrole nitrogens is 1. The minimum absolute atomic E-state index is 0.00700. The fourth-order valence-corrected chi connectivity index (χ4v) is 5.73. The minimum Gasteiger partial charge on any atom is -0.367 e. The summed E-state index contributed by atoms with van der Waals surface area (Å²) in [6.45, 7) is 1.19. The Morgan fingerprint density at radius 1 is 1.22 bits per heavy atom. The van der Waals surface area contributed by atoms with Crippen LogP contribution in [-0.4, -0.2) is 52.3 Å². The molecule has 1 fully saturated rings. The summed E-state index contributed by atoms with van der Waals surface area (Å²) in [6.07, 6.45) is 7.51. The predicted octanol–water partition coefficient (Wildman–Crippen LogP) is 4.94. The first-order valence-electron chi connectivity index (χ1n) is 11.5. The van der Waals surface area contributed by atoms with Crippen LogP contribution in [0.25, 0.3) is 28.5 Å². The molecule has 1 aromatic carbocycles. The number of pyridine rings is 1. The highest BCUT2D eigenvalue weighted by Crippen LogP contribution is 2.28. The number of benzene rings is 1. The summed E-state index contributed by atoms with van der Waals surface area (Å²) in [6, 6.07) is 11.0. The van der Waals surface area contributed by atoms with Crippen LogP contribution in [0.3, 0.4) is 0 Å². The Morgan fingerprint density at radius 3 is 2.89 bits per heavy atom. The van der Waals surface area contributed by atoms with E-state index in [1.54, 1.807) is 18.3 Å². The molecular weight excluding hydrogens is 503 g/mol. The second-order valence-electron chi connectivity index (χ2n) is 8.65. The van der Waals surface area contributed by atoms with Crippen molar-refractivity contribution in [2.45, 2.75) is 12.8 Å². The fraction of sp³-hybridized carbons (Fsp3) is 0.240. The number of hydrogen-bond donors (Lipinski definition) is 2. The molecule has 8 nitrogen and oxygen atoms in total. The van der Waals surface area contributed by atoms with Crippen molar-refractivity contribution in [1.82, 2.24) is 24.2 Å². The van der Waals surface area contributed by atoms with Crippen molar-refractivity contribution in [2.75, 3.05) is 25.0 Å². The van der Waals surface area contributed by atoms with Gasteiger partial charge in [0, 0.05) is 48.4 Å². The van der Waals surface area contributed by atoms with Gasteiger partial charge in [0.15, 0.2) is 17.5 Å². The van der Waals surface area contributed by atoms with Crippen LogP contribution >= 0.6 is 11.6 Å². The maximum Gasteiger partial charge on any atom is 0.236 e. The lowest BCUT2D eigenvalue weighted by Crippen LogP contribution is -2.41. The lowest BCUT2D eigenvalue weighted by molar-refractivity contribution is 0.277. The Bertz CT molecular complexity index is 1510. The Hall–Kier alpha value is -3.34. The highest BCUT2D eigenvalue weighted by Gasteiger charge is 2.27. The van der Waals surface area contributed by atoms with E-state index in [1.807, 2.05) is 30.3 Å². The van der Waals surface area contributed by atoms with E-state index >= 15 is 0 Å². The number of halogens is 2. The van der Waals surface area contributed by atoms with Gasteiger partial charge in [0.2, 0.25) is 10.0 Å². The summed E-state index contributed by atoms with van der Waals surface area (Å²) >= 11 is 6.08. The van der Waals surface area contributed by atoms with Crippen molar-refractivity contribution < 1.29 is 12.8 Å². The van der Waals surface area contributed by atoms with Crippen molar-refractivity contribution in [1.29, 1.82) is 0 Å². The van der Waals surface area contributed by atoms with E-state index in [0.29, 0.717) is 41.7 Å². The molecule has 186 valence electrons. The second-order valence-corrected chi connectivity index (χ2v) is 10.9. The lowest BCUT2D eigenvalue weighted by atomic mass is 10.00. The van der Waals surface area contributed by atoms with Crippen LogP contribution in [0.4, 0.5) is 10.2 Å². The molecule has 1 atom stereocenters. The largest absolute Gasteiger partial charge is 0.367 e. The summed E-state index contributed by atoms with van der Waals surface area (Å²) in [5.74, 6) is -0.185. The summed E-state index contributed by atoms with van der Waals surface area (Å²) in [4.78, 5) is 15.8. The second kappa shape index (κ2) is 10.3. The minimum atomic E-state index is -3.56. The van der Waals surface area contributed by atoms with Gasteiger partial charge in [0.1, 0.15) is 5.65 Å². The van der Waals surface area contributed by atoms with Crippen molar-refractivity contribution in [2.24, 2.45) is 5.92 Å². The van der Waals surface area contributed by atoms with E-state index in [1.165, 1.54) is 15.9 Å². The molecule has 0 bridgehead atoms. The summed E-state index contributed by atoms with van der Waals surface area (Å²) < 4.78 is 41.7. The van der Waals surface area contributed by atoms with Crippen LogP contribution in [0.5, 0.6) is 0 Å². The van der Waals surface area contributed by atoms with Gasteiger partial charge in [-0.25, -0.2) is 27.8 Å². The van der Waals surface area contributed by atoms with Crippen LogP contribution in [0.1, 0.15) is 18.4 Å². The number of fused-ring (bicyclic) bond motifs is 1. The first kappa shape index (κ1) is 24.4. The number of nitrogens with one attached hydrogen (secondary N) is 2. The molecule has 1 aliphatic heterocycles. The van der Waals surface area contributed by atoms with Gasteiger partial charge in [-0.3, -0.25) is 0 Å². The van der Waals surface area contributed by atoms with E-state index < -0.39 is 15.8 Å².